The predicted molar refractivity (Wildman–Crippen MR) is 65.2 cm³/mol. The Morgan fingerprint density at radius 2 is 1.83 bits per heavy atom. The van der Waals surface area contributed by atoms with Crippen LogP contribution in [-0.2, 0) is 0 Å². The van der Waals surface area contributed by atoms with Crippen LogP contribution in [0.5, 0.6) is 0 Å². The summed E-state index contributed by atoms with van der Waals surface area (Å²) in [5, 5.41) is 10.6. The van der Waals surface area contributed by atoms with Crippen LogP contribution in [0, 0.1) is 10.1 Å². The molecule has 18 heavy (non-hydrogen) atoms. The number of hydrogen-bond donors (Lipinski definition) is 1. The van der Waals surface area contributed by atoms with Gasteiger partial charge in [-0.2, -0.15) is 0 Å². The molecule has 2 fully saturated rings. The van der Waals surface area contributed by atoms with Crippen LogP contribution in [0.15, 0.2) is 12.4 Å². The number of rotatable bonds is 2. The van der Waals surface area contributed by atoms with Crippen molar-refractivity contribution in [3.63, 3.8) is 0 Å². The maximum Gasteiger partial charge on any atom is 0.305 e. The van der Waals surface area contributed by atoms with Gasteiger partial charge in [-0.15, -0.1) is 0 Å². The molecule has 2 saturated heterocycles. The highest BCUT2D eigenvalue weighted by molar-refractivity contribution is 5.39. The van der Waals surface area contributed by atoms with Crippen molar-refractivity contribution >= 4 is 11.6 Å². The SMILES string of the molecule is NC1CC2CCC(C1)N2c1ncc([N+](=O)[O-])cn1. The molecule has 0 aliphatic carbocycles. The molecule has 7 nitrogen and oxygen atoms in total. The van der Waals surface area contributed by atoms with Crippen molar-refractivity contribution in [2.24, 2.45) is 5.73 Å². The maximum atomic E-state index is 10.6. The molecule has 7 heteroatoms. The highest BCUT2D eigenvalue weighted by Crippen LogP contribution is 2.37. The molecule has 2 N–H and O–H groups in total. The lowest BCUT2D eigenvalue weighted by molar-refractivity contribution is -0.385. The summed E-state index contributed by atoms with van der Waals surface area (Å²) in [6, 6.07) is 1.04. The fraction of sp³-hybridized carbons (Fsp3) is 0.636. The van der Waals surface area contributed by atoms with E-state index in [1.165, 1.54) is 12.4 Å². The van der Waals surface area contributed by atoms with Gasteiger partial charge in [0, 0.05) is 18.1 Å². The largest absolute Gasteiger partial charge is 0.335 e. The minimum absolute atomic E-state index is 0.0696. The van der Waals surface area contributed by atoms with Gasteiger partial charge in [-0.25, -0.2) is 9.97 Å². The van der Waals surface area contributed by atoms with E-state index in [-0.39, 0.29) is 11.7 Å². The van der Waals surface area contributed by atoms with Gasteiger partial charge in [0.15, 0.2) is 0 Å². The number of nitrogens with two attached hydrogens (primary N) is 1. The van der Waals surface area contributed by atoms with Gasteiger partial charge in [-0.1, -0.05) is 0 Å². The van der Waals surface area contributed by atoms with Crippen molar-refractivity contribution in [2.45, 2.75) is 43.8 Å². The van der Waals surface area contributed by atoms with Crippen LogP contribution < -0.4 is 10.6 Å². The summed E-state index contributed by atoms with van der Waals surface area (Å²) >= 11 is 0. The molecule has 0 aromatic carbocycles. The normalized spacial score (nSPS) is 30.5. The minimum atomic E-state index is -0.482. The average molecular weight is 249 g/mol. The third-order valence-corrected chi connectivity index (χ3v) is 3.84. The number of aromatic nitrogens is 2. The van der Waals surface area contributed by atoms with E-state index in [2.05, 4.69) is 14.9 Å². The number of anilines is 1. The molecule has 0 saturated carbocycles. The molecule has 2 aliphatic heterocycles. The quantitative estimate of drug-likeness (QED) is 0.616. The van der Waals surface area contributed by atoms with Crippen molar-refractivity contribution in [1.29, 1.82) is 0 Å². The third kappa shape index (κ3) is 1.80. The molecule has 2 aliphatic rings. The molecular weight excluding hydrogens is 234 g/mol. The van der Waals surface area contributed by atoms with Crippen LogP contribution in [0.3, 0.4) is 0 Å². The van der Waals surface area contributed by atoms with Gasteiger partial charge in [-0.05, 0) is 25.7 Å². The number of piperidine rings is 1. The topological polar surface area (TPSA) is 98.2 Å². The summed E-state index contributed by atoms with van der Waals surface area (Å²) in [5.74, 6) is 0.597. The van der Waals surface area contributed by atoms with E-state index >= 15 is 0 Å². The highest BCUT2D eigenvalue weighted by atomic mass is 16.6. The van der Waals surface area contributed by atoms with E-state index in [0.29, 0.717) is 18.0 Å². The van der Waals surface area contributed by atoms with Gasteiger partial charge in [0.1, 0.15) is 12.4 Å². The molecule has 2 bridgehead atoms. The van der Waals surface area contributed by atoms with Gasteiger partial charge in [-0.3, -0.25) is 10.1 Å². The molecule has 0 amide bonds. The van der Waals surface area contributed by atoms with Crippen molar-refractivity contribution in [1.82, 2.24) is 9.97 Å². The Kier molecular flexibility index (Phi) is 2.62. The number of nitrogens with zero attached hydrogens (tertiary/aromatic N) is 4. The van der Waals surface area contributed by atoms with E-state index < -0.39 is 4.92 Å². The smallest absolute Gasteiger partial charge is 0.305 e. The third-order valence-electron chi connectivity index (χ3n) is 3.84. The molecule has 1 aromatic rings. The molecule has 0 spiro atoms. The summed E-state index contributed by atoms with van der Waals surface area (Å²) < 4.78 is 0. The van der Waals surface area contributed by atoms with Crippen LogP contribution in [0.4, 0.5) is 11.6 Å². The Labute approximate surface area is 104 Å². The molecule has 2 atom stereocenters. The Bertz CT molecular complexity index is 449. The lowest BCUT2D eigenvalue weighted by atomic mass is 9.99. The molecule has 0 radical (unpaired) electrons. The number of fused-ring (bicyclic) bond motifs is 2. The van der Waals surface area contributed by atoms with Crippen molar-refractivity contribution in [3.8, 4) is 0 Å². The zero-order chi connectivity index (χ0) is 12.7. The van der Waals surface area contributed by atoms with Gasteiger partial charge in [0.2, 0.25) is 5.95 Å². The van der Waals surface area contributed by atoms with Crippen molar-refractivity contribution in [2.75, 3.05) is 4.90 Å². The lowest BCUT2D eigenvalue weighted by Gasteiger charge is -2.37. The highest BCUT2D eigenvalue weighted by Gasteiger charge is 2.40. The first kappa shape index (κ1) is 11.3. The van der Waals surface area contributed by atoms with E-state index in [0.717, 1.165) is 25.7 Å². The summed E-state index contributed by atoms with van der Waals surface area (Å²) in [7, 11) is 0. The summed E-state index contributed by atoms with van der Waals surface area (Å²) in [6.45, 7) is 0. The minimum Gasteiger partial charge on any atom is -0.335 e. The first-order valence-corrected chi connectivity index (χ1v) is 6.15. The maximum absolute atomic E-state index is 10.6. The second kappa shape index (κ2) is 4.16. The summed E-state index contributed by atoms with van der Waals surface area (Å²) in [5.41, 5.74) is 5.93. The fourth-order valence-electron chi connectivity index (χ4n) is 3.09. The lowest BCUT2D eigenvalue weighted by Crippen LogP contribution is -2.48. The zero-order valence-electron chi connectivity index (χ0n) is 9.90. The van der Waals surface area contributed by atoms with Crippen molar-refractivity contribution < 1.29 is 4.92 Å². The molecule has 2 unspecified atom stereocenters. The number of hydrogen-bond acceptors (Lipinski definition) is 6. The standard InChI is InChI=1S/C11H15N5O2/c12-7-3-8-1-2-9(4-7)15(8)11-13-5-10(6-14-11)16(17)18/h5-9H,1-4,12H2. The van der Waals surface area contributed by atoms with Crippen LogP contribution in [0.25, 0.3) is 0 Å². The predicted octanol–water partition coefficient (Wildman–Crippen LogP) is 0.843. The van der Waals surface area contributed by atoms with Gasteiger partial charge in [0.05, 0.1) is 4.92 Å². The van der Waals surface area contributed by atoms with Crippen LogP contribution in [0.1, 0.15) is 25.7 Å². The first-order valence-electron chi connectivity index (χ1n) is 6.15. The second-order valence-electron chi connectivity index (χ2n) is 5.02. The van der Waals surface area contributed by atoms with Crippen molar-refractivity contribution in [3.05, 3.63) is 22.5 Å². The molecule has 1 aromatic heterocycles. The Morgan fingerprint density at radius 1 is 1.28 bits per heavy atom. The van der Waals surface area contributed by atoms with E-state index in [1.807, 2.05) is 0 Å². The summed E-state index contributed by atoms with van der Waals surface area (Å²) in [4.78, 5) is 20.5. The van der Waals surface area contributed by atoms with Crippen LogP contribution in [-0.4, -0.2) is 33.0 Å². The molecular formula is C11H15N5O2. The van der Waals surface area contributed by atoms with Crippen LogP contribution in [0.2, 0.25) is 0 Å². The summed E-state index contributed by atoms with van der Waals surface area (Å²) in [6.07, 6.45) is 6.68. The fourth-order valence-corrected chi connectivity index (χ4v) is 3.09. The van der Waals surface area contributed by atoms with E-state index in [4.69, 9.17) is 5.73 Å². The van der Waals surface area contributed by atoms with E-state index in [1.54, 1.807) is 0 Å². The Morgan fingerprint density at radius 3 is 2.33 bits per heavy atom. The Balaban J connectivity index is 1.85. The van der Waals surface area contributed by atoms with E-state index in [9.17, 15) is 10.1 Å². The second-order valence-corrected chi connectivity index (χ2v) is 5.02. The number of nitro groups is 1. The molecule has 3 heterocycles. The molecule has 96 valence electrons. The van der Waals surface area contributed by atoms with Gasteiger partial charge in [0.25, 0.3) is 0 Å². The first-order chi connectivity index (χ1) is 8.65. The van der Waals surface area contributed by atoms with Gasteiger partial charge >= 0.3 is 5.69 Å². The average Bonchev–Trinajstić information content (AvgIpc) is 2.62. The molecule has 3 rings (SSSR count). The van der Waals surface area contributed by atoms with Crippen LogP contribution >= 0.6 is 0 Å². The Hall–Kier alpha value is -1.76. The zero-order valence-corrected chi connectivity index (χ0v) is 9.90. The monoisotopic (exact) mass is 249 g/mol. The van der Waals surface area contributed by atoms with Gasteiger partial charge < -0.3 is 10.6 Å².